The third-order valence-electron chi connectivity index (χ3n) is 1.83. The molecule has 0 aliphatic carbocycles. The number of hydrogen-bond donors (Lipinski definition) is 2. The molecule has 0 aliphatic heterocycles. The fourth-order valence-electron chi connectivity index (χ4n) is 1.11. The highest BCUT2D eigenvalue weighted by Crippen LogP contribution is 2.18. The first-order chi connectivity index (χ1) is 5.79. The number of aliphatic hydroxyl groups is 1. The minimum atomic E-state index is -0.444. The van der Waals surface area contributed by atoms with Gasteiger partial charge in [-0.05, 0) is 12.0 Å². The highest BCUT2D eigenvalue weighted by Gasteiger charge is 2.08. The maximum absolute atomic E-state index is 9.53. The van der Waals surface area contributed by atoms with Crippen molar-refractivity contribution >= 4 is 14.1 Å². The van der Waals surface area contributed by atoms with Crippen LogP contribution in [0, 0.1) is 0 Å². The second-order valence-corrected chi connectivity index (χ2v) is 3.39. The summed E-state index contributed by atoms with van der Waals surface area (Å²) in [5, 5.41) is 10.4. The Morgan fingerprint density at radius 1 is 1.42 bits per heavy atom. The molecule has 0 radical (unpaired) electrons. The number of aliphatic hydroxyl groups excluding tert-OH is 1. The van der Waals surface area contributed by atoms with Gasteiger partial charge in [0, 0.05) is 14.1 Å². The highest BCUT2D eigenvalue weighted by molar-refractivity contribution is 7.41. The smallest absolute Gasteiger partial charge is 0.0794 e. The second kappa shape index (κ2) is 4.56. The Morgan fingerprint density at radius 2 is 2.08 bits per heavy atom. The molecule has 2 N–H and O–H groups in total. The van der Waals surface area contributed by atoms with E-state index in [-0.39, 0.29) is 8.81 Å². The van der Waals surface area contributed by atoms with Crippen molar-refractivity contribution < 1.29 is 10.00 Å². The Balaban J connectivity index is 2.96. The van der Waals surface area contributed by atoms with E-state index in [4.69, 9.17) is 4.89 Å². The maximum Gasteiger partial charge on any atom is 0.0794 e. The van der Waals surface area contributed by atoms with Gasteiger partial charge < -0.3 is 10.00 Å². The lowest BCUT2D eigenvalue weighted by Gasteiger charge is -2.11. The second-order valence-electron chi connectivity index (χ2n) is 2.62. The summed E-state index contributed by atoms with van der Waals surface area (Å²) >= 11 is 0. The molecule has 0 fully saturated rings. The summed E-state index contributed by atoms with van der Waals surface area (Å²) in [7, 11) is -0.235. The molecule has 1 aromatic rings. The largest absolute Gasteiger partial charge is 0.388 e. The van der Waals surface area contributed by atoms with Crippen LogP contribution in [-0.2, 0) is 0 Å². The molecule has 66 valence electrons. The van der Waals surface area contributed by atoms with Crippen molar-refractivity contribution in [2.24, 2.45) is 0 Å². The lowest BCUT2D eigenvalue weighted by molar-refractivity contribution is 0.174. The minimum absolute atomic E-state index is 0.235. The lowest BCUT2D eigenvalue weighted by atomic mass is 10.1. The van der Waals surface area contributed by atoms with Gasteiger partial charge in [0.25, 0.3) is 0 Å². The number of benzene rings is 1. The Bertz CT molecular complexity index is 250. The van der Waals surface area contributed by atoms with E-state index >= 15 is 0 Å². The lowest BCUT2D eigenvalue weighted by Crippen LogP contribution is -2.08. The van der Waals surface area contributed by atoms with Crippen molar-refractivity contribution in [2.45, 2.75) is 19.4 Å². The van der Waals surface area contributed by atoms with Gasteiger partial charge in [0.2, 0.25) is 0 Å². The summed E-state index contributed by atoms with van der Waals surface area (Å²) in [6.07, 6.45) is 0.238. The van der Waals surface area contributed by atoms with Crippen LogP contribution in [0.2, 0.25) is 0 Å². The van der Waals surface area contributed by atoms with E-state index in [1.807, 2.05) is 31.2 Å². The van der Waals surface area contributed by atoms with Crippen LogP contribution < -0.4 is 5.30 Å². The fraction of sp³-hybridized carbons (Fsp3) is 0.333. The number of hydrogen-bond acceptors (Lipinski definition) is 2. The topological polar surface area (TPSA) is 40.5 Å². The predicted molar refractivity (Wildman–Crippen MR) is 51.9 cm³/mol. The first-order valence-corrected chi connectivity index (χ1v) is 4.91. The van der Waals surface area contributed by atoms with E-state index in [0.717, 1.165) is 10.9 Å². The van der Waals surface area contributed by atoms with Crippen LogP contribution in [0.1, 0.15) is 25.0 Å². The van der Waals surface area contributed by atoms with Crippen molar-refractivity contribution in [3.8, 4) is 0 Å². The average molecular weight is 184 g/mol. The number of rotatable bonds is 3. The molecule has 0 saturated heterocycles. The molecule has 0 amide bonds. The van der Waals surface area contributed by atoms with Gasteiger partial charge in [0.1, 0.15) is 0 Å². The van der Waals surface area contributed by atoms with E-state index in [2.05, 4.69) is 0 Å². The van der Waals surface area contributed by atoms with Gasteiger partial charge >= 0.3 is 0 Å². The molecule has 0 aromatic heterocycles. The van der Waals surface area contributed by atoms with Crippen LogP contribution >= 0.6 is 8.81 Å². The van der Waals surface area contributed by atoms with Crippen LogP contribution in [0.15, 0.2) is 24.3 Å². The molecule has 1 rings (SSSR count). The zero-order chi connectivity index (χ0) is 8.97. The van der Waals surface area contributed by atoms with Gasteiger partial charge in [-0.2, -0.15) is 0 Å². The Labute approximate surface area is 74.1 Å². The van der Waals surface area contributed by atoms with Crippen LogP contribution in [0.25, 0.3) is 0 Å². The van der Waals surface area contributed by atoms with Crippen molar-refractivity contribution in [1.82, 2.24) is 0 Å². The monoisotopic (exact) mass is 184 g/mol. The molecule has 0 spiro atoms. The third-order valence-corrected chi connectivity index (χ3v) is 2.52. The quantitative estimate of drug-likeness (QED) is 0.696. The molecular formula is C9H13O2P. The highest BCUT2D eigenvalue weighted by atomic mass is 31.1. The fourth-order valence-corrected chi connectivity index (χ4v) is 1.66. The molecule has 1 aromatic carbocycles. The Hall–Kier alpha value is -0.430. The van der Waals surface area contributed by atoms with E-state index in [1.54, 1.807) is 0 Å². The molecule has 12 heavy (non-hydrogen) atoms. The molecule has 2 unspecified atom stereocenters. The van der Waals surface area contributed by atoms with Crippen molar-refractivity contribution in [3.63, 3.8) is 0 Å². The first-order valence-electron chi connectivity index (χ1n) is 3.96. The SMILES string of the molecule is CCC(O)c1ccccc1PO. The summed E-state index contributed by atoms with van der Waals surface area (Å²) in [5.74, 6) is 0. The van der Waals surface area contributed by atoms with Gasteiger partial charge in [-0.15, -0.1) is 0 Å². The van der Waals surface area contributed by atoms with Crippen LogP contribution in [0.4, 0.5) is 0 Å². The molecule has 0 saturated carbocycles. The summed E-state index contributed by atoms with van der Waals surface area (Å²) in [5.41, 5.74) is 0.848. The Kier molecular flexibility index (Phi) is 3.67. The molecule has 0 heterocycles. The molecule has 0 bridgehead atoms. The minimum Gasteiger partial charge on any atom is -0.388 e. The molecule has 0 aliphatic rings. The van der Waals surface area contributed by atoms with Gasteiger partial charge in [-0.25, -0.2) is 0 Å². The zero-order valence-electron chi connectivity index (χ0n) is 6.99. The average Bonchev–Trinajstić information content (AvgIpc) is 2.16. The van der Waals surface area contributed by atoms with Crippen molar-refractivity contribution in [3.05, 3.63) is 29.8 Å². The third kappa shape index (κ3) is 2.04. The molecule has 3 heteroatoms. The summed E-state index contributed by atoms with van der Waals surface area (Å²) in [4.78, 5) is 8.98. The normalized spacial score (nSPS) is 13.9. The molecule has 2 nitrogen and oxygen atoms in total. The van der Waals surface area contributed by atoms with E-state index < -0.39 is 6.10 Å². The van der Waals surface area contributed by atoms with Crippen LogP contribution in [0.3, 0.4) is 0 Å². The molecular weight excluding hydrogens is 171 g/mol. The Morgan fingerprint density at radius 3 is 2.67 bits per heavy atom. The summed E-state index contributed by atoms with van der Waals surface area (Å²) in [6, 6.07) is 7.43. The van der Waals surface area contributed by atoms with Crippen molar-refractivity contribution in [2.75, 3.05) is 0 Å². The van der Waals surface area contributed by atoms with E-state index in [1.165, 1.54) is 0 Å². The zero-order valence-corrected chi connectivity index (χ0v) is 7.99. The summed E-state index contributed by atoms with van der Waals surface area (Å²) in [6.45, 7) is 1.92. The van der Waals surface area contributed by atoms with Gasteiger partial charge in [0.05, 0.1) is 6.10 Å². The van der Waals surface area contributed by atoms with Crippen LogP contribution in [-0.4, -0.2) is 10.00 Å². The van der Waals surface area contributed by atoms with Gasteiger partial charge in [0.15, 0.2) is 0 Å². The molecule has 2 atom stereocenters. The predicted octanol–water partition coefficient (Wildman–Crippen LogP) is 1.34. The van der Waals surface area contributed by atoms with E-state index in [0.29, 0.717) is 6.42 Å². The van der Waals surface area contributed by atoms with Gasteiger partial charge in [-0.3, -0.25) is 0 Å². The maximum atomic E-state index is 9.53. The van der Waals surface area contributed by atoms with E-state index in [9.17, 15) is 5.11 Å². The standard InChI is InChI=1S/C9H13O2P/c1-2-8(10)7-5-3-4-6-9(7)12-11/h3-6,8,10-12H,2H2,1H3. The van der Waals surface area contributed by atoms with Crippen molar-refractivity contribution in [1.29, 1.82) is 0 Å². The first kappa shape index (κ1) is 9.66. The summed E-state index contributed by atoms with van der Waals surface area (Å²) < 4.78 is 0. The van der Waals surface area contributed by atoms with Crippen LogP contribution in [0.5, 0.6) is 0 Å². The van der Waals surface area contributed by atoms with Gasteiger partial charge in [-0.1, -0.05) is 31.2 Å².